The summed E-state index contributed by atoms with van der Waals surface area (Å²) in [6.45, 7) is 5.46. The zero-order valence-electron chi connectivity index (χ0n) is 15.2. The Balaban J connectivity index is 1.97. The van der Waals surface area contributed by atoms with Crippen LogP contribution in [0.3, 0.4) is 0 Å². The molecular weight excluding hydrogens is 348 g/mol. The normalized spacial score (nSPS) is 11.5. The second-order valence-corrected chi connectivity index (χ2v) is 7.35. The number of imidazole rings is 1. The number of pyridine rings is 1. The molecule has 2 heterocycles. The number of carbonyl (C=O) groups is 1. The molecule has 0 saturated carbocycles. The molecule has 3 rings (SSSR count). The molecule has 0 aliphatic heterocycles. The number of nitrogens with two attached hydrogens (primary N) is 1. The van der Waals surface area contributed by atoms with Gasteiger partial charge < -0.3 is 15.0 Å². The molecule has 1 aromatic carbocycles. The smallest absolute Gasteiger partial charge is 0.185 e. The number of unbranched alkanes of at least 4 members (excludes halogenated alkanes) is 1. The summed E-state index contributed by atoms with van der Waals surface area (Å²) in [7, 11) is 0. The van der Waals surface area contributed by atoms with E-state index in [1.807, 2.05) is 25.1 Å². The quantitative estimate of drug-likeness (QED) is 0.606. The number of anilines is 1. The van der Waals surface area contributed by atoms with E-state index in [0.29, 0.717) is 19.0 Å². The van der Waals surface area contributed by atoms with Gasteiger partial charge in [-0.05, 0) is 25.8 Å². The van der Waals surface area contributed by atoms with Crippen LogP contribution in [-0.2, 0) is 22.7 Å². The summed E-state index contributed by atoms with van der Waals surface area (Å²) >= 11 is 1.38. The van der Waals surface area contributed by atoms with Crippen LogP contribution >= 0.6 is 11.8 Å². The lowest BCUT2D eigenvalue weighted by molar-refractivity contribution is -0.109. The Morgan fingerprint density at radius 2 is 2.08 bits per heavy atom. The first-order chi connectivity index (χ1) is 12.6. The third kappa shape index (κ3) is 3.99. The first-order valence-electron chi connectivity index (χ1n) is 8.86. The summed E-state index contributed by atoms with van der Waals surface area (Å²) in [5.74, 6) is 2.15. The van der Waals surface area contributed by atoms with Gasteiger partial charge in [0.15, 0.2) is 10.9 Å². The second-order valence-electron chi connectivity index (χ2n) is 6.08. The Bertz CT molecular complexity index is 923. The number of hydrogen-bond donors (Lipinski definition) is 1. The highest BCUT2D eigenvalue weighted by atomic mass is 32.2. The van der Waals surface area contributed by atoms with E-state index in [2.05, 4.69) is 15.6 Å². The lowest BCUT2D eigenvalue weighted by atomic mass is 10.2. The van der Waals surface area contributed by atoms with Crippen LogP contribution in [0, 0.1) is 0 Å². The number of ether oxygens (including phenoxy) is 1. The van der Waals surface area contributed by atoms with Crippen LogP contribution in [0.2, 0.25) is 0 Å². The summed E-state index contributed by atoms with van der Waals surface area (Å²) in [6, 6.07) is 7.98. The third-order valence-corrected chi connectivity index (χ3v) is 5.11. The van der Waals surface area contributed by atoms with E-state index in [4.69, 9.17) is 15.5 Å². The van der Waals surface area contributed by atoms with Crippen molar-refractivity contribution in [3.63, 3.8) is 0 Å². The van der Waals surface area contributed by atoms with Gasteiger partial charge in [0.1, 0.15) is 17.9 Å². The number of nitrogen functional groups attached to an aromatic ring is 1. The van der Waals surface area contributed by atoms with Crippen molar-refractivity contribution in [1.29, 1.82) is 0 Å². The summed E-state index contributed by atoms with van der Waals surface area (Å²) in [4.78, 5) is 20.3. The Morgan fingerprint density at radius 1 is 1.27 bits per heavy atom. The summed E-state index contributed by atoms with van der Waals surface area (Å²) in [5, 5.41) is 1.21. The molecule has 26 heavy (non-hydrogen) atoms. The molecule has 138 valence electrons. The van der Waals surface area contributed by atoms with Gasteiger partial charge >= 0.3 is 0 Å². The number of aryl methyl sites for hydroxylation is 1. The van der Waals surface area contributed by atoms with Gasteiger partial charge in [-0.25, -0.2) is 9.97 Å². The number of thioether (sulfide) groups is 1. The van der Waals surface area contributed by atoms with Gasteiger partial charge in [-0.2, -0.15) is 0 Å². The fourth-order valence-electron chi connectivity index (χ4n) is 3.04. The fourth-order valence-corrected chi connectivity index (χ4v) is 3.67. The van der Waals surface area contributed by atoms with Crippen LogP contribution in [0.15, 0.2) is 24.3 Å². The molecular formula is C19H24N4O2S. The van der Waals surface area contributed by atoms with E-state index < -0.39 is 0 Å². The molecule has 0 saturated heterocycles. The molecule has 0 unspecified atom stereocenters. The predicted molar refractivity (Wildman–Crippen MR) is 107 cm³/mol. The number of para-hydroxylation sites is 1. The number of hydrogen-bond acceptors (Lipinski definition) is 6. The molecule has 0 bridgehead atoms. The highest BCUT2D eigenvalue weighted by Crippen LogP contribution is 2.29. The number of fused-ring (bicyclic) bond motifs is 3. The standard InChI is InChI=1S/C19H24N4O2S/c1-3-25-12-16-22-17-18(23(16)10-6-7-11-26-13(2)24)14-8-4-5-9-15(14)21-19(17)20/h4-5,8-9H,3,6-7,10-12H2,1-2H3,(H2,20,21). The number of aromatic nitrogens is 3. The van der Waals surface area contributed by atoms with E-state index in [-0.39, 0.29) is 5.12 Å². The highest BCUT2D eigenvalue weighted by molar-refractivity contribution is 8.13. The van der Waals surface area contributed by atoms with Gasteiger partial charge in [-0.3, -0.25) is 4.79 Å². The minimum atomic E-state index is 0.167. The average molecular weight is 372 g/mol. The van der Waals surface area contributed by atoms with Crippen molar-refractivity contribution in [2.24, 2.45) is 0 Å². The summed E-state index contributed by atoms with van der Waals surface area (Å²) in [6.07, 6.45) is 1.93. The SMILES string of the molecule is CCOCc1nc2c(N)nc3ccccc3c2n1CCCCSC(C)=O. The van der Waals surface area contributed by atoms with E-state index in [9.17, 15) is 4.79 Å². The van der Waals surface area contributed by atoms with Crippen LogP contribution in [0.1, 0.15) is 32.5 Å². The molecule has 0 fully saturated rings. The van der Waals surface area contributed by atoms with Crippen molar-refractivity contribution >= 4 is 44.6 Å². The van der Waals surface area contributed by atoms with Crippen LogP contribution in [0.4, 0.5) is 5.82 Å². The maximum absolute atomic E-state index is 11.1. The van der Waals surface area contributed by atoms with Crippen molar-refractivity contribution in [3.8, 4) is 0 Å². The molecule has 0 radical (unpaired) electrons. The minimum Gasteiger partial charge on any atom is -0.382 e. The Labute approximate surface area is 157 Å². The lowest BCUT2D eigenvalue weighted by Gasteiger charge is -2.11. The molecule has 2 N–H and O–H groups in total. The van der Waals surface area contributed by atoms with Gasteiger partial charge in [0.2, 0.25) is 0 Å². The number of carbonyl (C=O) groups excluding carboxylic acids is 1. The maximum Gasteiger partial charge on any atom is 0.185 e. The maximum atomic E-state index is 11.1. The van der Waals surface area contributed by atoms with Gasteiger partial charge in [-0.15, -0.1) is 0 Å². The molecule has 3 aromatic rings. The van der Waals surface area contributed by atoms with Crippen molar-refractivity contribution < 1.29 is 9.53 Å². The molecule has 0 aliphatic rings. The molecule has 0 spiro atoms. The van der Waals surface area contributed by atoms with E-state index in [1.165, 1.54) is 11.8 Å². The molecule has 2 aromatic heterocycles. The Morgan fingerprint density at radius 3 is 2.85 bits per heavy atom. The molecule has 0 atom stereocenters. The lowest BCUT2D eigenvalue weighted by Crippen LogP contribution is -2.07. The number of rotatable bonds is 8. The monoisotopic (exact) mass is 372 g/mol. The molecule has 7 heteroatoms. The van der Waals surface area contributed by atoms with Gasteiger partial charge in [0.05, 0.1) is 11.0 Å². The second kappa shape index (κ2) is 8.51. The van der Waals surface area contributed by atoms with E-state index in [1.54, 1.807) is 6.92 Å². The molecule has 0 aliphatic carbocycles. The largest absolute Gasteiger partial charge is 0.382 e. The Hall–Kier alpha value is -2.12. The molecule has 6 nitrogen and oxygen atoms in total. The van der Waals surface area contributed by atoms with Crippen molar-refractivity contribution in [2.75, 3.05) is 18.1 Å². The fraction of sp³-hybridized carbons (Fsp3) is 0.421. The number of nitrogens with zero attached hydrogens (tertiary/aromatic N) is 3. The highest BCUT2D eigenvalue weighted by Gasteiger charge is 2.17. The topological polar surface area (TPSA) is 83.0 Å². The Kier molecular flexibility index (Phi) is 6.11. The van der Waals surface area contributed by atoms with Crippen LogP contribution < -0.4 is 5.73 Å². The van der Waals surface area contributed by atoms with Crippen molar-refractivity contribution in [3.05, 3.63) is 30.1 Å². The first kappa shape index (κ1) is 18.7. The summed E-state index contributed by atoms with van der Waals surface area (Å²) in [5.41, 5.74) is 8.79. The number of benzene rings is 1. The average Bonchev–Trinajstić information content (AvgIpc) is 2.99. The zero-order chi connectivity index (χ0) is 18.5. The van der Waals surface area contributed by atoms with Gasteiger partial charge in [-0.1, -0.05) is 30.0 Å². The van der Waals surface area contributed by atoms with Gasteiger partial charge in [0.25, 0.3) is 0 Å². The van der Waals surface area contributed by atoms with E-state index >= 15 is 0 Å². The predicted octanol–water partition coefficient (Wildman–Crippen LogP) is 3.76. The summed E-state index contributed by atoms with van der Waals surface area (Å²) < 4.78 is 7.81. The molecule has 0 amide bonds. The zero-order valence-corrected chi connectivity index (χ0v) is 16.0. The first-order valence-corrected chi connectivity index (χ1v) is 9.84. The van der Waals surface area contributed by atoms with Crippen molar-refractivity contribution in [2.45, 2.75) is 39.8 Å². The van der Waals surface area contributed by atoms with E-state index in [0.717, 1.165) is 52.9 Å². The van der Waals surface area contributed by atoms with Gasteiger partial charge in [0, 0.05) is 31.2 Å². The van der Waals surface area contributed by atoms with Crippen LogP contribution in [-0.4, -0.2) is 32.0 Å². The minimum absolute atomic E-state index is 0.167. The van der Waals surface area contributed by atoms with Crippen LogP contribution in [0.25, 0.3) is 21.9 Å². The van der Waals surface area contributed by atoms with Crippen molar-refractivity contribution in [1.82, 2.24) is 14.5 Å². The third-order valence-electron chi connectivity index (χ3n) is 4.21. The van der Waals surface area contributed by atoms with Crippen LogP contribution in [0.5, 0.6) is 0 Å².